The lowest BCUT2D eigenvalue weighted by Crippen LogP contribution is -2.28. The molecule has 1 saturated carbocycles. The Morgan fingerprint density at radius 2 is 2.15 bits per heavy atom. The van der Waals surface area contributed by atoms with Crippen molar-refractivity contribution in [2.45, 2.75) is 77.9 Å². The monoisotopic (exact) mass is 376 g/mol. The maximum atomic E-state index is 10.6. The SMILES string of the molecule is CCCCC(C)(C)[C@@H](O)C=C[C@H]1[C@H]2CC(C=CCCC(=O)O)=C[C@H]2C[C@H]1O. The molecule has 0 saturated heterocycles. The number of rotatable bonds is 10. The Hall–Kier alpha value is -1.39. The van der Waals surface area contributed by atoms with Gasteiger partial charge >= 0.3 is 5.97 Å². The maximum Gasteiger partial charge on any atom is 0.303 e. The van der Waals surface area contributed by atoms with Crippen molar-refractivity contribution < 1.29 is 20.1 Å². The summed E-state index contributed by atoms with van der Waals surface area (Å²) in [5.74, 6) is 0.0544. The summed E-state index contributed by atoms with van der Waals surface area (Å²) in [7, 11) is 0. The van der Waals surface area contributed by atoms with Crippen molar-refractivity contribution in [1.29, 1.82) is 0 Å². The second-order valence-electron chi connectivity index (χ2n) is 8.91. The second kappa shape index (κ2) is 9.70. The molecule has 3 N–H and O–H groups in total. The summed E-state index contributed by atoms with van der Waals surface area (Å²) in [6, 6.07) is 0. The van der Waals surface area contributed by atoms with E-state index in [2.05, 4.69) is 26.8 Å². The normalized spacial score (nSPS) is 29.4. The molecule has 2 rings (SSSR count). The molecule has 0 bridgehead atoms. The standard InChI is InChI=1S/C23H36O4/c1-4-5-12-23(2,3)21(25)11-10-18-19-14-16(8-6-7-9-22(26)27)13-17(19)15-20(18)24/h6,8,10-11,13,17-21,24-25H,4-5,7,9,12,14-15H2,1-3H3,(H,26,27)/t17-,18-,19-,20+,21-/m0/s1. The lowest BCUT2D eigenvalue weighted by Gasteiger charge is -2.29. The number of aliphatic carboxylic acids is 1. The van der Waals surface area contributed by atoms with Crippen molar-refractivity contribution in [3.8, 4) is 0 Å². The van der Waals surface area contributed by atoms with Gasteiger partial charge in [-0.2, -0.15) is 0 Å². The van der Waals surface area contributed by atoms with E-state index in [9.17, 15) is 15.0 Å². The van der Waals surface area contributed by atoms with Gasteiger partial charge in [0.15, 0.2) is 0 Å². The highest BCUT2D eigenvalue weighted by Gasteiger charge is 2.43. The molecule has 0 heterocycles. The van der Waals surface area contributed by atoms with Crippen LogP contribution in [0.25, 0.3) is 0 Å². The smallest absolute Gasteiger partial charge is 0.303 e. The molecule has 0 amide bonds. The van der Waals surface area contributed by atoms with Gasteiger partial charge in [0.1, 0.15) is 0 Å². The number of aliphatic hydroxyl groups excluding tert-OH is 2. The first-order valence-corrected chi connectivity index (χ1v) is 10.4. The van der Waals surface area contributed by atoms with Crippen LogP contribution in [0.15, 0.2) is 36.0 Å². The first-order valence-electron chi connectivity index (χ1n) is 10.4. The largest absolute Gasteiger partial charge is 0.481 e. The van der Waals surface area contributed by atoms with E-state index in [1.807, 2.05) is 24.3 Å². The van der Waals surface area contributed by atoms with Crippen LogP contribution in [0, 0.1) is 23.2 Å². The Morgan fingerprint density at radius 3 is 2.81 bits per heavy atom. The van der Waals surface area contributed by atoms with E-state index >= 15 is 0 Å². The molecule has 5 atom stereocenters. The molecule has 152 valence electrons. The van der Waals surface area contributed by atoms with Gasteiger partial charge in [0.2, 0.25) is 0 Å². The zero-order chi connectivity index (χ0) is 20.0. The summed E-state index contributed by atoms with van der Waals surface area (Å²) < 4.78 is 0. The third-order valence-corrected chi connectivity index (χ3v) is 6.25. The Kier molecular flexibility index (Phi) is 7.87. The molecule has 0 aromatic rings. The predicted octanol–water partition coefficient (Wildman–Crippen LogP) is 4.48. The highest BCUT2D eigenvalue weighted by atomic mass is 16.4. The van der Waals surface area contributed by atoms with Gasteiger partial charge in [-0.05, 0) is 42.9 Å². The second-order valence-corrected chi connectivity index (χ2v) is 8.91. The number of carbonyl (C=O) groups is 1. The van der Waals surface area contributed by atoms with E-state index in [0.29, 0.717) is 18.3 Å². The van der Waals surface area contributed by atoms with E-state index in [0.717, 1.165) is 32.1 Å². The molecule has 4 heteroatoms. The fraction of sp³-hybridized carbons (Fsp3) is 0.696. The third-order valence-electron chi connectivity index (χ3n) is 6.25. The first kappa shape index (κ1) is 21.9. The van der Waals surface area contributed by atoms with Crippen molar-refractivity contribution in [2.75, 3.05) is 0 Å². The van der Waals surface area contributed by atoms with Crippen LogP contribution < -0.4 is 0 Å². The van der Waals surface area contributed by atoms with E-state index in [4.69, 9.17) is 5.11 Å². The van der Waals surface area contributed by atoms with Gasteiger partial charge < -0.3 is 15.3 Å². The molecule has 0 aromatic heterocycles. The molecular formula is C23H36O4. The summed E-state index contributed by atoms with van der Waals surface area (Å²) >= 11 is 0. The van der Waals surface area contributed by atoms with Crippen LogP contribution in [0.1, 0.15) is 65.7 Å². The first-order chi connectivity index (χ1) is 12.7. The minimum absolute atomic E-state index is 0.0767. The fourth-order valence-electron chi connectivity index (χ4n) is 4.39. The molecule has 2 aliphatic carbocycles. The Morgan fingerprint density at radius 1 is 1.41 bits per heavy atom. The van der Waals surface area contributed by atoms with Crippen LogP contribution in [0.4, 0.5) is 0 Å². The van der Waals surface area contributed by atoms with Crippen molar-refractivity contribution in [3.63, 3.8) is 0 Å². The minimum Gasteiger partial charge on any atom is -0.481 e. The summed E-state index contributed by atoms with van der Waals surface area (Å²) in [5, 5.41) is 29.8. The molecular weight excluding hydrogens is 340 g/mol. The summed E-state index contributed by atoms with van der Waals surface area (Å²) in [6.07, 6.45) is 14.9. The fourth-order valence-corrected chi connectivity index (χ4v) is 4.39. The van der Waals surface area contributed by atoms with E-state index in [1.54, 1.807) is 0 Å². The van der Waals surface area contributed by atoms with E-state index in [-0.39, 0.29) is 23.9 Å². The average Bonchev–Trinajstić information content (AvgIpc) is 3.11. The molecule has 0 radical (unpaired) electrons. The number of allylic oxidation sites excluding steroid dienone is 4. The molecule has 0 spiro atoms. The number of aliphatic hydroxyl groups is 2. The molecule has 0 unspecified atom stereocenters. The zero-order valence-corrected chi connectivity index (χ0v) is 17.0. The van der Waals surface area contributed by atoms with Crippen LogP contribution >= 0.6 is 0 Å². The Bertz CT molecular complexity index is 587. The van der Waals surface area contributed by atoms with Crippen molar-refractivity contribution in [1.82, 2.24) is 0 Å². The summed E-state index contributed by atoms with van der Waals surface area (Å²) in [5.41, 5.74) is 1.09. The van der Waals surface area contributed by atoms with Gasteiger partial charge in [-0.25, -0.2) is 0 Å². The molecule has 27 heavy (non-hydrogen) atoms. The van der Waals surface area contributed by atoms with Crippen LogP contribution in [-0.2, 0) is 4.79 Å². The van der Waals surface area contributed by atoms with Gasteiger partial charge in [-0.1, -0.05) is 69.6 Å². The van der Waals surface area contributed by atoms with Crippen molar-refractivity contribution >= 4 is 5.97 Å². The molecule has 0 aliphatic heterocycles. The van der Waals surface area contributed by atoms with Gasteiger partial charge in [0, 0.05) is 12.3 Å². The van der Waals surface area contributed by atoms with Gasteiger partial charge in [0.05, 0.1) is 12.2 Å². The van der Waals surface area contributed by atoms with Crippen LogP contribution in [0.2, 0.25) is 0 Å². The lowest BCUT2D eigenvalue weighted by molar-refractivity contribution is -0.136. The van der Waals surface area contributed by atoms with Crippen LogP contribution in [-0.4, -0.2) is 33.5 Å². The number of hydrogen-bond acceptors (Lipinski definition) is 3. The van der Waals surface area contributed by atoms with Gasteiger partial charge in [-0.15, -0.1) is 0 Å². The number of fused-ring (bicyclic) bond motifs is 1. The van der Waals surface area contributed by atoms with Crippen molar-refractivity contribution in [2.24, 2.45) is 23.2 Å². The number of carboxylic acid groups (broad SMARTS) is 1. The molecule has 0 aromatic carbocycles. The highest BCUT2D eigenvalue weighted by Crippen LogP contribution is 2.47. The summed E-state index contributed by atoms with van der Waals surface area (Å²) in [4.78, 5) is 10.6. The van der Waals surface area contributed by atoms with Crippen molar-refractivity contribution in [3.05, 3.63) is 36.0 Å². The third kappa shape index (κ3) is 6.05. The quantitative estimate of drug-likeness (QED) is 0.491. The minimum atomic E-state index is -0.773. The molecule has 1 fully saturated rings. The lowest BCUT2D eigenvalue weighted by atomic mass is 9.80. The number of hydrogen-bond donors (Lipinski definition) is 3. The zero-order valence-electron chi connectivity index (χ0n) is 17.0. The maximum absolute atomic E-state index is 10.6. The number of carboxylic acids is 1. The summed E-state index contributed by atoms with van der Waals surface area (Å²) in [6.45, 7) is 6.36. The molecule has 2 aliphatic rings. The van der Waals surface area contributed by atoms with E-state index in [1.165, 1.54) is 5.57 Å². The van der Waals surface area contributed by atoms with Gasteiger partial charge in [-0.3, -0.25) is 4.79 Å². The topological polar surface area (TPSA) is 77.8 Å². The predicted molar refractivity (Wildman–Crippen MR) is 108 cm³/mol. The number of unbranched alkanes of at least 4 members (excludes halogenated alkanes) is 1. The van der Waals surface area contributed by atoms with Crippen LogP contribution in [0.5, 0.6) is 0 Å². The average molecular weight is 377 g/mol. The Balaban J connectivity index is 1.93. The van der Waals surface area contributed by atoms with E-state index < -0.39 is 12.1 Å². The molecule has 4 nitrogen and oxygen atoms in total. The highest BCUT2D eigenvalue weighted by molar-refractivity contribution is 5.66. The Labute approximate surface area is 163 Å². The van der Waals surface area contributed by atoms with Gasteiger partial charge in [0.25, 0.3) is 0 Å². The van der Waals surface area contributed by atoms with Crippen LogP contribution in [0.3, 0.4) is 0 Å².